The lowest BCUT2D eigenvalue weighted by Gasteiger charge is -2.26. The van der Waals surface area contributed by atoms with E-state index in [-0.39, 0.29) is 11.8 Å². The van der Waals surface area contributed by atoms with Gasteiger partial charge in [0.1, 0.15) is 19.0 Å². The highest BCUT2D eigenvalue weighted by Gasteiger charge is 2.33. The molecule has 4 heterocycles. The molecule has 1 unspecified atom stereocenters. The number of ether oxygens (including phenoxy) is 2. The molecule has 28 heavy (non-hydrogen) atoms. The topological polar surface area (TPSA) is 91.2 Å². The Morgan fingerprint density at radius 2 is 1.96 bits per heavy atom. The van der Waals surface area contributed by atoms with Gasteiger partial charge in [-0.25, -0.2) is 0 Å². The first-order valence-corrected chi connectivity index (χ1v) is 9.26. The predicted octanol–water partition coefficient (Wildman–Crippen LogP) is 2.87. The highest BCUT2D eigenvalue weighted by molar-refractivity contribution is 6.29. The first-order valence-electron chi connectivity index (χ1n) is 8.88. The van der Waals surface area contributed by atoms with Crippen molar-refractivity contribution in [3.8, 4) is 17.3 Å². The van der Waals surface area contributed by atoms with Crippen LogP contribution in [0.4, 0.5) is 5.82 Å². The molecule has 1 atom stereocenters. The molecule has 3 aromatic rings. The molecule has 0 bridgehead atoms. The van der Waals surface area contributed by atoms with Gasteiger partial charge in [-0.05, 0) is 36.8 Å². The number of fused-ring (bicyclic) bond motifs is 2. The molecule has 1 aromatic carbocycles. The SMILES string of the molecule is Cc1nn(-c2ccc(Cl)nn2)c2c1C(c1ccc3c(c1)OCCO3)CC(=O)N2. The molecular weight excluding hydrogens is 382 g/mol. The van der Waals surface area contributed by atoms with Crippen LogP contribution in [0, 0.1) is 6.92 Å². The van der Waals surface area contributed by atoms with E-state index in [4.69, 9.17) is 21.1 Å². The van der Waals surface area contributed by atoms with Crippen LogP contribution < -0.4 is 14.8 Å². The van der Waals surface area contributed by atoms with Crippen LogP contribution in [0.1, 0.15) is 29.2 Å². The number of carbonyl (C=O) groups excluding carboxylic acids is 1. The molecule has 0 saturated heterocycles. The summed E-state index contributed by atoms with van der Waals surface area (Å²) in [5, 5.41) is 15.8. The van der Waals surface area contributed by atoms with E-state index < -0.39 is 0 Å². The van der Waals surface area contributed by atoms with Gasteiger partial charge in [0.05, 0.1) is 5.69 Å². The lowest BCUT2D eigenvalue weighted by molar-refractivity contribution is -0.116. The van der Waals surface area contributed by atoms with Crippen LogP contribution in [0.15, 0.2) is 30.3 Å². The molecule has 1 N–H and O–H groups in total. The molecule has 0 spiro atoms. The zero-order valence-electron chi connectivity index (χ0n) is 15.0. The number of benzene rings is 1. The summed E-state index contributed by atoms with van der Waals surface area (Å²) >= 11 is 5.84. The van der Waals surface area contributed by atoms with E-state index >= 15 is 0 Å². The maximum Gasteiger partial charge on any atom is 0.226 e. The van der Waals surface area contributed by atoms with Crippen molar-refractivity contribution in [3.63, 3.8) is 0 Å². The number of hydrogen-bond acceptors (Lipinski definition) is 6. The minimum atomic E-state index is -0.145. The summed E-state index contributed by atoms with van der Waals surface area (Å²) in [5.41, 5.74) is 2.74. The fourth-order valence-corrected chi connectivity index (χ4v) is 3.80. The molecule has 2 aliphatic heterocycles. The highest BCUT2D eigenvalue weighted by Crippen LogP contribution is 2.42. The van der Waals surface area contributed by atoms with Crippen LogP contribution in [-0.4, -0.2) is 39.1 Å². The Labute approximate surface area is 165 Å². The number of anilines is 1. The molecule has 9 heteroatoms. The number of rotatable bonds is 2. The Balaban J connectivity index is 1.62. The monoisotopic (exact) mass is 397 g/mol. The minimum Gasteiger partial charge on any atom is -0.486 e. The Morgan fingerprint density at radius 1 is 1.14 bits per heavy atom. The fraction of sp³-hybridized carbons (Fsp3) is 0.263. The summed E-state index contributed by atoms with van der Waals surface area (Å²) in [6.07, 6.45) is 0.325. The van der Waals surface area contributed by atoms with E-state index in [1.165, 1.54) is 0 Å². The summed E-state index contributed by atoms with van der Waals surface area (Å²) in [5.74, 6) is 2.27. The van der Waals surface area contributed by atoms with Crippen LogP contribution in [-0.2, 0) is 4.79 Å². The van der Waals surface area contributed by atoms with Gasteiger partial charge in [0, 0.05) is 17.9 Å². The van der Waals surface area contributed by atoms with E-state index in [1.807, 2.05) is 25.1 Å². The summed E-state index contributed by atoms with van der Waals surface area (Å²) in [4.78, 5) is 12.5. The smallest absolute Gasteiger partial charge is 0.226 e. The van der Waals surface area contributed by atoms with Crippen LogP contribution in [0.3, 0.4) is 0 Å². The first-order chi connectivity index (χ1) is 13.6. The number of halogens is 1. The first kappa shape index (κ1) is 17.0. The van der Waals surface area contributed by atoms with E-state index in [0.717, 1.165) is 22.6 Å². The molecule has 142 valence electrons. The van der Waals surface area contributed by atoms with Gasteiger partial charge in [-0.2, -0.15) is 9.78 Å². The van der Waals surface area contributed by atoms with Crippen molar-refractivity contribution < 1.29 is 14.3 Å². The second-order valence-electron chi connectivity index (χ2n) is 6.68. The van der Waals surface area contributed by atoms with Crippen molar-refractivity contribution in [1.82, 2.24) is 20.0 Å². The molecule has 0 radical (unpaired) electrons. The van der Waals surface area contributed by atoms with Crippen molar-refractivity contribution in [2.24, 2.45) is 0 Å². The maximum absolute atomic E-state index is 12.5. The second kappa shape index (κ2) is 6.49. The molecule has 8 nitrogen and oxygen atoms in total. The van der Waals surface area contributed by atoms with Crippen LogP contribution in [0.2, 0.25) is 5.15 Å². The molecule has 0 saturated carbocycles. The van der Waals surface area contributed by atoms with Crippen LogP contribution >= 0.6 is 11.6 Å². The lowest BCUT2D eigenvalue weighted by Crippen LogP contribution is -2.25. The second-order valence-corrected chi connectivity index (χ2v) is 7.07. The number of nitrogens with one attached hydrogen (secondary N) is 1. The standard InChI is InChI=1S/C19H16ClN5O3/c1-10-18-12(11-2-3-13-14(8-11)28-7-6-27-13)9-17(26)21-19(18)25(24-10)16-5-4-15(20)22-23-16/h2-5,8,12H,6-7,9H2,1H3,(H,21,26). The van der Waals surface area contributed by atoms with Gasteiger partial charge in [-0.1, -0.05) is 17.7 Å². The van der Waals surface area contributed by atoms with E-state index in [0.29, 0.717) is 42.2 Å². The molecular formula is C19H16ClN5O3. The highest BCUT2D eigenvalue weighted by atomic mass is 35.5. The van der Waals surface area contributed by atoms with Gasteiger partial charge in [-0.15, -0.1) is 10.2 Å². The molecule has 2 aliphatic rings. The van der Waals surface area contributed by atoms with E-state index in [1.54, 1.807) is 16.8 Å². The van der Waals surface area contributed by atoms with Gasteiger partial charge >= 0.3 is 0 Å². The Bertz CT molecular complexity index is 1080. The van der Waals surface area contributed by atoms with Gasteiger partial charge < -0.3 is 14.8 Å². The zero-order valence-corrected chi connectivity index (χ0v) is 15.7. The van der Waals surface area contributed by atoms with E-state index in [9.17, 15) is 4.79 Å². The average molecular weight is 398 g/mol. The summed E-state index contributed by atoms with van der Waals surface area (Å²) in [6, 6.07) is 9.15. The van der Waals surface area contributed by atoms with Crippen molar-refractivity contribution in [3.05, 3.63) is 52.3 Å². The molecule has 2 aromatic heterocycles. The Hall–Kier alpha value is -3.13. The van der Waals surface area contributed by atoms with Gasteiger partial charge in [0.2, 0.25) is 5.91 Å². The molecule has 0 aliphatic carbocycles. The normalized spacial score (nSPS) is 17.8. The lowest BCUT2D eigenvalue weighted by atomic mass is 9.85. The molecule has 0 fully saturated rings. The van der Waals surface area contributed by atoms with Gasteiger partial charge in [0.15, 0.2) is 22.5 Å². The van der Waals surface area contributed by atoms with Crippen molar-refractivity contribution >= 4 is 23.3 Å². The number of hydrogen-bond donors (Lipinski definition) is 1. The molecule has 5 rings (SSSR count). The van der Waals surface area contributed by atoms with Crippen LogP contribution in [0.5, 0.6) is 11.5 Å². The summed E-state index contributed by atoms with van der Waals surface area (Å²) < 4.78 is 12.9. The quantitative estimate of drug-likeness (QED) is 0.715. The number of aromatic nitrogens is 4. The largest absolute Gasteiger partial charge is 0.486 e. The average Bonchev–Trinajstić information content (AvgIpc) is 3.04. The van der Waals surface area contributed by atoms with Gasteiger partial charge in [-0.3, -0.25) is 4.79 Å². The van der Waals surface area contributed by atoms with Crippen molar-refractivity contribution in [2.45, 2.75) is 19.3 Å². The van der Waals surface area contributed by atoms with Gasteiger partial charge in [0.25, 0.3) is 0 Å². The third-order valence-corrected chi connectivity index (χ3v) is 5.11. The zero-order chi connectivity index (χ0) is 19.3. The fourth-order valence-electron chi connectivity index (χ4n) is 3.70. The van der Waals surface area contributed by atoms with Crippen molar-refractivity contribution in [1.29, 1.82) is 0 Å². The number of nitrogens with zero attached hydrogens (tertiary/aromatic N) is 4. The number of amides is 1. The Morgan fingerprint density at radius 3 is 2.75 bits per heavy atom. The van der Waals surface area contributed by atoms with Crippen LogP contribution in [0.25, 0.3) is 5.82 Å². The van der Waals surface area contributed by atoms with Crippen molar-refractivity contribution in [2.75, 3.05) is 18.5 Å². The number of carbonyl (C=O) groups is 1. The van der Waals surface area contributed by atoms with E-state index in [2.05, 4.69) is 20.6 Å². The maximum atomic E-state index is 12.5. The third kappa shape index (κ3) is 2.77. The number of aryl methyl sites for hydroxylation is 1. The molecule has 1 amide bonds. The summed E-state index contributed by atoms with van der Waals surface area (Å²) in [6.45, 7) is 2.97. The Kier molecular flexibility index (Phi) is 3.94. The summed E-state index contributed by atoms with van der Waals surface area (Å²) in [7, 11) is 0. The minimum absolute atomic E-state index is 0.0875. The third-order valence-electron chi connectivity index (χ3n) is 4.91. The predicted molar refractivity (Wildman–Crippen MR) is 101 cm³/mol.